The predicted molar refractivity (Wildman–Crippen MR) is 43.8 cm³/mol. The molecule has 11 heavy (non-hydrogen) atoms. The number of hydrogen-bond donors (Lipinski definition) is 1. The molecule has 0 saturated heterocycles. The third-order valence-electron chi connectivity index (χ3n) is 1.60. The van der Waals surface area contributed by atoms with Gasteiger partial charge < -0.3 is 5.11 Å². The molecule has 2 nitrogen and oxygen atoms in total. The molecule has 1 aromatic rings. The van der Waals surface area contributed by atoms with Crippen LogP contribution in [0.4, 0.5) is 5.69 Å². The molecule has 1 rings (SSSR count). The van der Waals surface area contributed by atoms with Crippen molar-refractivity contribution in [2.75, 3.05) is 0 Å². The van der Waals surface area contributed by atoms with E-state index in [1.165, 1.54) is 0 Å². The first-order valence-electron chi connectivity index (χ1n) is 3.33. The number of phenols is 1. The molecule has 0 bridgehead atoms. The SMILES string of the molecule is [C-]#[N+]c1cc(C)c(O)c(C)c1. The van der Waals surface area contributed by atoms with Crippen LogP contribution in [0.25, 0.3) is 4.85 Å². The molecule has 56 valence electrons. The zero-order valence-corrected chi connectivity index (χ0v) is 6.55. The lowest BCUT2D eigenvalue weighted by Gasteiger charge is -2.02. The lowest BCUT2D eigenvalue weighted by Crippen LogP contribution is -1.78. The molecule has 0 aromatic heterocycles. The Hall–Kier alpha value is -1.49. The highest BCUT2D eigenvalue weighted by molar-refractivity contribution is 5.55. The van der Waals surface area contributed by atoms with Crippen LogP contribution >= 0.6 is 0 Å². The number of nitrogens with zero attached hydrogens (tertiary/aromatic N) is 1. The van der Waals surface area contributed by atoms with Crippen LogP contribution < -0.4 is 0 Å². The van der Waals surface area contributed by atoms with Crippen molar-refractivity contribution in [2.24, 2.45) is 0 Å². The summed E-state index contributed by atoms with van der Waals surface area (Å²) in [6.45, 7) is 10.3. The first-order chi connectivity index (χ1) is 5.15. The molecule has 0 saturated carbocycles. The Morgan fingerprint density at radius 2 is 1.73 bits per heavy atom. The van der Waals surface area contributed by atoms with Crippen LogP contribution in [0.5, 0.6) is 5.75 Å². The quantitative estimate of drug-likeness (QED) is 0.560. The fraction of sp³-hybridized carbons (Fsp3) is 0.222. The fourth-order valence-electron chi connectivity index (χ4n) is 0.998. The largest absolute Gasteiger partial charge is 0.508 e. The van der Waals surface area contributed by atoms with E-state index in [0.29, 0.717) is 5.69 Å². The summed E-state index contributed by atoms with van der Waals surface area (Å²) in [6.07, 6.45) is 0. The van der Waals surface area contributed by atoms with E-state index in [0.717, 1.165) is 11.1 Å². The predicted octanol–water partition coefficient (Wildman–Crippen LogP) is 2.56. The van der Waals surface area contributed by atoms with Gasteiger partial charge >= 0.3 is 0 Å². The second-order valence-electron chi connectivity index (χ2n) is 2.54. The highest BCUT2D eigenvalue weighted by Gasteiger charge is 2.01. The molecule has 0 spiro atoms. The van der Waals surface area contributed by atoms with E-state index in [9.17, 15) is 5.11 Å². The van der Waals surface area contributed by atoms with Gasteiger partial charge in [-0.25, -0.2) is 4.85 Å². The van der Waals surface area contributed by atoms with Gasteiger partial charge in [0.15, 0.2) is 5.69 Å². The number of rotatable bonds is 0. The smallest absolute Gasteiger partial charge is 0.188 e. The first kappa shape index (κ1) is 7.62. The zero-order chi connectivity index (χ0) is 8.43. The number of benzene rings is 1. The van der Waals surface area contributed by atoms with Gasteiger partial charge in [-0.3, -0.25) is 0 Å². The van der Waals surface area contributed by atoms with E-state index in [2.05, 4.69) is 4.85 Å². The van der Waals surface area contributed by atoms with Gasteiger partial charge in [0, 0.05) is 0 Å². The Morgan fingerprint density at radius 1 is 1.27 bits per heavy atom. The summed E-state index contributed by atoms with van der Waals surface area (Å²) in [4.78, 5) is 3.27. The second-order valence-corrected chi connectivity index (χ2v) is 2.54. The summed E-state index contributed by atoms with van der Waals surface area (Å²) in [5, 5.41) is 9.32. The molecular formula is C9H9NO. The maximum Gasteiger partial charge on any atom is 0.188 e. The van der Waals surface area contributed by atoms with E-state index in [-0.39, 0.29) is 5.75 Å². The third-order valence-corrected chi connectivity index (χ3v) is 1.60. The van der Waals surface area contributed by atoms with Crippen molar-refractivity contribution in [2.45, 2.75) is 13.8 Å². The molecular weight excluding hydrogens is 138 g/mol. The maximum atomic E-state index is 9.32. The van der Waals surface area contributed by atoms with Crippen molar-refractivity contribution < 1.29 is 5.11 Å². The molecule has 0 unspecified atom stereocenters. The van der Waals surface area contributed by atoms with E-state index in [4.69, 9.17) is 6.57 Å². The van der Waals surface area contributed by atoms with E-state index >= 15 is 0 Å². The Morgan fingerprint density at radius 3 is 2.09 bits per heavy atom. The molecule has 1 aromatic carbocycles. The van der Waals surface area contributed by atoms with Gasteiger partial charge in [-0.05, 0) is 37.1 Å². The number of phenolic OH excluding ortho intramolecular Hbond substituents is 1. The Labute approximate surface area is 65.9 Å². The van der Waals surface area contributed by atoms with E-state index < -0.39 is 0 Å². The molecule has 1 N–H and O–H groups in total. The van der Waals surface area contributed by atoms with Crippen LogP contribution in [0.3, 0.4) is 0 Å². The van der Waals surface area contributed by atoms with Crippen molar-refractivity contribution in [1.29, 1.82) is 0 Å². The van der Waals surface area contributed by atoms with Crippen molar-refractivity contribution in [3.8, 4) is 5.75 Å². The number of hydrogen-bond acceptors (Lipinski definition) is 1. The molecule has 0 fully saturated rings. The number of aryl methyl sites for hydroxylation is 2. The van der Waals surface area contributed by atoms with Crippen molar-refractivity contribution in [1.82, 2.24) is 0 Å². The normalized spacial score (nSPS) is 9.18. The monoisotopic (exact) mass is 147 g/mol. The maximum absolute atomic E-state index is 9.32. The van der Waals surface area contributed by atoms with E-state index in [1.54, 1.807) is 26.0 Å². The molecule has 0 amide bonds. The fourth-order valence-corrected chi connectivity index (χ4v) is 0.998. The Bertz CT molecular complexity index is 300. The molecule has 0 aliphatic rings. The van der Waals surface area contributed by atoms with Crippen LogP contribution in [0, 0.1) is 20.4 Å². The molecule has 0 radical (unpaired) electrons. The molecule has 0 heterocycles. The van der Waals surface area contributed by atoms with Gasteiger partial charge in [0.25, 0.3) is 0 Å². The summed E-state index contributed by atoms with van der Waals surface area (Å²) in [6, 6.07) is 3.35. The Kier molecular flexibility index (Phi) is 1.82. The minimum absolute atomic E-state index is 0.289. The summed E-state index contributed by atoms with van der Waals surface area (Å²) in [5.74, 6) is 0.289. The summed E-state index contributed by atoms with van der Waals surface area (Å²) < 4.78 is 0. The summed E-state index contributed by atoms with van der Waals surface area (Å²) in [5.41, 5.74) is 2.10. The van der Waals surface area contributed by atoms with Gasteiger partial charge in [0.1, 0.15) is 5.75 Å². The summed E-state index contributed by atoms with van der Waals surface area (Å²) in [7, 11) is 0. The topological polar surface area (TPSA) is 24.6 Å². The van der Waals surface area contributed by atoms with Crippen molar-refractivity contribution in [3.63, 3.8) is 0 Å². The van der Waals surface area contributed by atoms with Gasteiger partial charge in [-0.15, -0.1) is 0 Å². The minimum atomic E-state index is 0.289. The van der Waals surface area contributed by atoms with E-state index in [1.807, 2.05) is 0 Å². The molecule has 0 aliphatic heterocycles. The molecule has 0 atom stereocenters. The van der Waals surface area contributed by atoms with Gasteiger partial charge in [0.05, 0.1) is 6.57 Å². The second kappa shape index (κ2) is 2.63. The standard InChI is InChI=1S/C9H9NO/c1-6-4-8(10-3)5-7(2)9(6)11/h4-5,11H,1-2H3. The molecule has 2 heteroatoms. The highest BCUT2D eigenvalue weighted by Crippen LogP contribution is 2.26. The molecule has 0 aliphatic carbocycles. The first-order valence-corrected chi connectivity index (χ1v) is 3.33. The summed E-state index contributed by atoms with van der Waals surface area (Å²) >= 11 is 0. The lowest BCUT2D eigenvalue weighted by molar-refractivity contribution is 0.467. The average molecular weight is 147 g/mol. The van der Waals surface area contributed by atoms with Gasteiger partial charge in [0.2, 0.25) is 0 Å². The Balaban J connectivity index is 3.35. The van der Waals surface area contributed by atoms with Crippen LogP contribution in [0.2, 0.25) is 0 Å². The minimum Gasteiger partial charge on any atom is -0.508 e. The van der Waals surface area contributed by atoms with Crippen LogP contribution in [-0.2, 0) is 0 Å². The van der Waals surface area contributed by atoms with Gasteiger partial charge in [-0.1, -0.05) is 0 Å². The highest BCUT2D eigenvalue weighted by atomic mass is 16.3. The lowest BCUT2D eigenvalue weighted by atomic mass is 10.1. The van der Waals surface area contributed by atoms with Gasteiger partial charge in [-0.2, -0.15) is 0 Å². The van der Waals surface area contributed by atoms with Crippen molar-refractivity contribution in [3.05, 3.63) is 34.7 Å². The number of aromatic hydroxyl groups is 1. The van der Waals surface area contributed by atoms with Crippen molar-refractivity contribution >= 4 is 5.69 Å². The average Bonchev–Trinajstić information content (AvgIpc) is 1.99. The van der Waals surface area contributed by atoms with Crippen LogP contribution in [-0.4, -0.2) is 5.11 Å². The third kappa shape index (κ3) is 1.32. The zero-order valence-electron chi connectivity index (χ0n) is 6.55. The van der Waals surface area contributed by atoms with Crippen LogP contribution in [0.1, 0.15) is 11.1 Å². The van der Waals surface area contributed by atoms with Crippen LogP contribution in [0.15, 0.2) is 12.1 Å².